The summed E-state index contributed by atoms with van der Waals surface area (Å²) in [5, 5.41) is 0. The van der Waals surface area contributed by atoms with Gasteiger partial charge in [0.05, 0.1) is 12.0 Å². The first kappa shape index (κ1) is 15.2. The van der Waals surface area contributed by atoms with Gasteiger partial charge in [-0.1, -0.05) is 0 Å². The van der Waals surface area contributed by atoms with Crippen LogP contribution in [0.15, 0.2) is 6.20 Å². The molecule has 0 bridgehead atoms. The lowest BCUT2D eigenvalue weighted by Gasteiger charge is -2.35. The van der Waals surface area contributed by atoms with Crippen molar-refractivity contribution < 1.29 is 9.53 Å². The Morgan fingerprint density at radius 1 is 1.32 bits per heavy atom. The molecule has 1 aromatic heterocycles. The number of anilines is 1. The largest absolute Gasteiger partial charge is 0.377 e. The lowest BCUT2D eigenvalue weighted by atomic mass is 9.84. The Hall–Kier alpha value is -1.69. The van der Waals surface area contributed by atoms with Crippen molar-refractivity contribution in [3.05, 3.63) is 17.5 Å². The van der Waals surface area contributed by atoms with Gasteiger partial charge in [0.25, 0.3) is 0 Å². The number of primary amides is 1. The minimum Gasteiger partial charge on any atom is -0.377 e. The van der Waals surface area contributed by atoms with Gasteiger partial charge in [0.15, 0.2) is 0 Å². The Balaban J connectivity index is 1.62. The number of hydrogen-bond donors (Lipinski definition) is 1. The van der Waals surface area contributed by atoms with Crippen molar-refractivity contribution in [2.45, 2.75) is 39.2 Å². The third kappa shape index (κ3) is 2.92. The van der Waals surface area contributed by atoms with E-state index in [4.69, 9.17) is 10.5 Å². The summed E-state index contributed by atoms with van der Waals surface area (Å²) in [6.45, 7) is 6.49. The summed E-state index contributed by atoms with van der Waals surface area (Å²) >= 11 is 0. The fraction of sp³-hybridized carbons (Fsp3) is 0.688. The molecule has 0 spiro atoms. The second-order valence-electron chi connectivity index (χ2n) is 6.40. The van der Waals surface area contributed by atoms with Gasteiger partial charge in [-0.05, 0) is 44.6 Å². The molecule has 6 nitrogen and oxygen atoms in total. The molecular weight excluding hydrogens is 280 g/mol. The predicted molar refractivity (Wildman–Crippen MR) is 83.5 cm³/mol. The summed E-state index contributed by atoms with van der Waals surface area (Å²) in [6, 6.07) is 0. The zero-order valence-corrected chi connectivity index (χ0v) is 13.3. The molecule has 1 amide bonds. The molecule has 3 rings (SSSR count). The summed E-state index contributed by atoms with van der Waals surface area (Å²) < 4.78 is 5.79. The zero-order valence-electron chi connectivity index (χ0n) is 13.3. The molecule has 0 saturated carbocycles. The van der Waals surface area contributed by atoms with Gasteiger partial charge in [-0.25, -0.2) is 9.97 Å². The monoisotopic (exact) mass is 304 g/mol. The van der Waals surface area contributed by atoms with E-state index in [0.717, 1.165) is 49.6 Å². The van der Waals surface area contributed by atoms with Gasteiger partial charge in [0.1, 0.15) is 0 Å². The van der Waals surface area contributed by atoms with Crippen LogP contribution in [-0.4, -0.2) is 41.7 Å². The number of aryl methyl sites for hydroxylation is 2. The van der Waals surface area contributed by atoms with Crippen molar-refractivity contribution in [1.29, 1.82) is 0 Å². The molecule has 2 atom stereocenters. The molecule has 120 valence electrons. The van der Waals surface area contributed by atoms with Crippen molar-refractivity contribution >= 4 is 11.9 Å². The number of nitrogens with two attached hydrogens (primary N) is 1. The molecule has 2 aliphatic rings. The Labute approximate surface area is 131 Å². The Bertz CT molecular complexity index is 555. The van der Waals surface area contributed by atoms with Crippen molar-refractivity contribution in [2.24, 2.45) is 17.6 Å². The topological polar surface area (TPSA) is 81.3 Å². The fourth-order valence-corrected chi connectivity index (χ4v) is 3.48. The van der Waals surface area contributed by atoms with Gasteiger partial charge in [0.2, 0.25) is 11.9 Å². The molecule has 2 fully saturated rings. The minimum atomic E-state index is -0.220. The van der Waals surface area contributed by atoms with E-state index in [1.165, 1.54) is 0 Å². The van der Waals surface area contributed by atoms with Gasteiger partial charge in [-0.15, -0.1) is 0 Å². The number of ether oxygens (including phenoxy) is 1. The molecule has 0 aromatic carbocycles. The Morgan fingerprint density at radius 2 is 2.05 bits per heavy atom. The molecule has 3 heterocycles. The molecule has 2 saturated heterocycles. The molecule has 2 aliphatic heterocycles. The van der Waals surface area contributed by atoms with Crippen LogP contribution in [0.3, 0.4) is 0 Å². The summed E-state index contributed by atoms with van der Waals surface area (Å²) in [5.41, 5.74) is 7.64. The van der Waals surface area contributed by atoms with Crippen LogP contribution in [0, 0.1) is 25.7 Å². The van der Waals surface area contributed by atoms with Crippen LogP contribution in [-0.2, 0) is 9.53 Å². The van der Waals surface area contributed by atoms with Crippen LogP contribution in [0.2, 0.25) is 0 Å². The van der Waals surface area contributed by atoms with Gasteiger partial charge < -0.3 is 15.4 Å². The number of hydrogen-bond acceptors (Lipinski definition) is 5. The van der Waals surface area contributed by atoms with E-state index in [1.54, 1.807) is 0 Å². The highest BCUT2D eigenvalue weighted by Crippen LogP contribution is 2.33. The molecule has 1 aromatic rings. The standard InChI is InChI=1S/C16H24N4O2/c1-10-9-18-16(19-11(10)2)20-6-3-12(4-7-20)14-13(15(17)21)5-8-22-14/h9,12-14H,3-8H2,1-2H3,(H2,17,21)/t13-,14+/m0/s1. The number of aromatic nitrogens is 2. The number of amides is 1. The quantitative estimate of drug-likeness (QED) is 0.907. The van der Waals surface area contributed by atoms with Crippen molar-refractivity contribution in [3.8, 4) is 0 Å². The van der Waals surface area contributed by atoms with E-state index < -0.39 is 0 Å². The van der Waals surface area contributed by atoms with E-state index >= 15 is 0 Å². The maximum atomic E-state index is 11.5. The van der Waals surface area contributed by atoms with Crippen molar-refractivity contribution in [1.82, 2.24) is 9.97 Å². The van der Waals surface area contributed by atoms with E-state index in [1.807, 2.05) is 20.0 Å². The minimum absolute atomic E-state index is 0.000298. The van der Waals surface area contributed by atoms with Crippen LogP contribution < -0.4 is 10.6 Å². The van der Waals surface area contributed by atoms with E-state index in [2.05, 4.69) is 14.9 Å². The van der Waals surface area contributed by atoms with E-state index in [9.17, 15) is 4.79 Å². The molecule has 2 N–H and O–H groups in total. The first-order valence-electron chi connectivity index (χ1n) is 8.02. The molecule has 22 heavy (non-hydrogen) atoms. The molecular formula is C16H24N4O2. The smallest absolute Gasteiger partial charge is 0.225 e. The molecule has 0 radical (unpaired) electrons. The normalized spacial score (nSPS) is 26.4. The van der Waals surface area contributed by atoms with E-state index in [-0.39, 0.29) is 17.9 Å². The average molecular weight is 304 g/mol. The molecule has 0 unspecified atom stereocenters. The van der Waals surface area contributed by atoms with Gasteiger partial charge in [0, 0.05) is 31.6 Å². The average Bonchev–Trinajstić information content (AvgIpc) is 3.00. The Morgan fingerprint density at radius 3 is 2.68 bits per heavy atom. The highest BCUT2D eigenvalue weighted by atomic mass is 16.5. The summed E-state index contributed by atoms with van der Waals surface area (Å²) in [4.78, 5) is 22.8. The second kappa shape index (κ2) is 6.20. The number of rotatable bonds is 3. The van der Waals surface area contributed by atoms with Gasteiger partial charge in [-0.3, -0.25) is 4.79 Å². The van der Waals surface area contributed by atoms with Crippen LogP contribution in [0.5, 0.6) is 0 Å². The lowest BCUT2D eigenvalue weighted by molar-refractivity contribution is -0.124. The maximum Gasteiger partial charge on any atom is 0.225 e. The fourth-order valence-electron chi connectivity index (χ4n) is 3.48. The van der Waals surface area contributed by atoms with Gasteiger partial charge >= 0.3 is 0 Å². The summed E-state index contributed by atoms with van der Waals surface area (Å²) in [6.07, 6.45) is 4.63. The number of nitrogens with zero attached hydrogens (tertiary/aromatic N) is 3. The van der Waals surface area contributed by atoms with Crippen LogP contribution in [0.1, 0.15) is 30.5 Å². The van der Waals surface area contributed by atoms with Crippen LogP contribution in [0.25, 0.3) is 0 Å². The van der Waals surface area contributed by atoms with Crippen molar-refractivity contribution in [3.63, 3.8) is 0 Å². The highest BCUT2D eigenvalue weighted by molar-refractivity contribution is 5.77. The third-order valence-corrected chi connectivity index (χ3v) is 5.00. The van der Waals surface area contributed by atoms with Crippen LogP contribution in [0.4, 0.5) is 5.95 Å². The zero-order chi connectivity index (χ0) is 15.7. The van der Waals surface area contributed by atoms with Gasteiger partial charge in [-0.2, -0.15) is 0 Å². The lowest BCUT2D eigenvalue weighted by Crippen LogP contribution is -2.42. The highest BCUT2D eigenvalue weighted by Gasteiger charge is 2.39. The maximum absolute atomic E-state index is 11.5. The number of carbonyl (C=O) groups is 1. The Kier molecular flexibility index (Phi) is 4.29. The molecule has 0 aliphatic carbocycles. The molecule has 6 heteroatoms. The first-order chi connectivity index (χ1) is 10.6. The third-order valence-electron chi connectivity index (χ3n) is 5.00. The second-order valence-corrected chi connectivity index (χ2v) is 6.40. The van der Waals surface area contributed by atoms with Crippen molar-refractivity contribution in [2.75, 3.05) is 24.6 Å². The summed E-state index contributed by atoms with van der Waals surface area (Å²) in [7, 11) is 0. The van der Waals surface area contributed by atoms with Crippen LogP contribution >= 0.6 is 0 Å². The number of carbonyl (C=O) groups excluding carboxylic acids is 1. The SMILES string of the molecule is Cc1cnc(N2CCC([C@H]3OCC[C@@H]3C(N)=O)CC2)nc1C. The number of piperidine rings is 1. The van der Waals surface area contributed by atoms with E-state index in [0.29, 0.717) is 12.5 Å². The predicted octanol–water partition coefficient (Wildman–Crippen LogP) is 1.20. The first-order valence-corrected chi connectivity index (χ1v) is 8.02. The summed E-state index contributed by atoms with van der Waals surface area (Å²) in [5.74, 6) is 0.875.